The lowest BCUT2D eigenvalue weighted by Crippen LogP contribution is -2.45. The molecule has 1 aliphatic carbocycles. The first-order valence-electron chi connectivity index (χ1n) is 7.82. The first kappa shape index (κ1) is 16.0. The Morgan fingerprint density at radius 2 is 2.00 bits per heavy atom. The summed E-state index contributed by atoms with van der Waals surface area (Å²) in [6, 6.07) is 3.63. The first-order valence-corrected chi connectivity index (χ1v) is 10.1. The van der Waals surface area contributed by atoms with E-state index >= 15 is 0 Å². The van der Waals surface area contributed by atoms with Crippen molar-refractivity contribution in [3.8, 4) is 0 Å². The quantitative estimate of drug-likeness (QED) is 0.891. The number of nitrogens with zero attached hydrogens (tertiary/aromatic N) is 1. The summed E-state index contributed by atoms with van der Waals surface area (Å²) in [7, 11) is -3.37. The van der Waals surface area contributed by atoms with Crippen LogP contribution in [0, 0.1) is 11.8 Å². The second kappa shape index (κ2) is 6.29. The molecule has 1 atom stereocenters. The molecule has 22 heavy (non-hydrogen) atoms. The number of nitrogens with one attached hydrogen (secondary N) is 1. The highest BCUT2D eigenvalue weighted by atomic mass is 32.2. The predicted molar refractivity (Wildman–Crippen MR) is 86.1 cm³/mol. The average Bonchev–Trinajstić information content (AvgIpc) is 3.21. The van der Waals surface area contributed by atoms with Crippen LogP contribution in [0.15, 0.2) is 21.7 Å². The van der Waals surface area contributed by atoms with Gasteiger partial charge in [-0.25, -0.2) is 8.42 Å². The minimum absolute atomic E-state index is 0.0593. The third kappa shape index (κ3) is 3.36. The van der Waals surface area contributed by atoms with Crippen LogP contribution in [0.2, 0.25) is 0 Å². The van der Waals surface area contributed by atoms with E-state index in [1.807, 2.05) is 0 Å². The van der Waals surface area contributed by atoms with Crippen molar-refractivity contribution in [1.29, 1.82) is 0 Å². The minimum atomic E-state index is -3.37. The molecule has 0 bridgehead atoms. The van der Waals surface area contributed by atoms with Gasteiger partial charge < -0.3 is 5.32 Å². The normalized spacial score (nSPS) is 22.4. The van der Waals surface area contributed by atoms with Gasteiger partial charge in [-0.2, -0.15) is 4.31 Å². The molecule has 2 heterocycles. The monoisotopic (exact) mass is 342 g/mol. The van der Waals surface area contributed by atoms with Gasteiger partial charge in [-0.1, -0.05) is 6.07 Å². The van der Waals surface area contributed by atoms with Gasteiger partial charge in [-0.3, -0.25) is 4.79 Å². The third-order valence-corrected chi connectivity index (χ3v) is 7.88. The van der Waals surface area contributed by atoms with Crippen LogP contribution in [-0.4, -0.2) is 37.8 Å². The Morgan fingerprint density at radius 3 is 2.55 bits per heavy atom. The minimum Gasteiger partial charge on any atom is -0.353 e. The molecule has 1 aromatic rings. The lowest BCUT2D eigenvalue weighted by atomic mass is 9.96. The van der Waals surface area contributed by atoms with Crippen LogP contribution in [0.25, 0.3) is 0 Å². The molecule has 0 radical (unpaired) electrons. The summed E-state index contributed by atoms with van der Waals surface area (Å²) in [6.45, 7) is 2.91. The van der Waals surface area contributed by atoms with E-state index in [2.05, 4.69) is 12.2 Å². The fourth-order valence-corrected chi connectivity index (χ4v) is 5.57. The van der Waals surface area contributed by atoms with Crippen molar-refractivity contribution in [1.82, 2.24) is 9.62 Å². The molecule has 122 valence electrons. The number of hydrogen-bond acceptors (Lipinski definition) is 4. The van der Waals surface area contributed by atoms with Crippen LogP contribution in [0.1, 0.15) is 32.6 Å². The number of thiophene rings is 1. The molecule has 5 nitrogen and oxygen atoms in total. The summed E-state index contributed by atoms with van der Waals surface area (Å²) in [5.74, 6) is 0.673. The maximum atomic E-state index is 12.4. The second-order valence-corrected chi connectivity index (χ2v) is 9.36. The summed E-state index contributed by atoms with van der Waals surface area (Å²) >= 11 is 1.24. The highest BCUT2D eigenvalue weighted by molar-refractivity contribution is 7.91. The Kier molecular flexibility index (Phi) is 4.56. The number of piperidine rings is 1. The number of amides is 1. The number of carbonyl (C=O) groups is 1. The molecule has 0 spiro atoms. The zero-order chi connectivity index (χ0) is 15.7. The maximum Gasteiger partial charge on any atom is 0.252 e. The number of rotatable bonds is 5. The Balaban J connectivity index is 1.55. The van der Waals surface area contributed by atoms with E-state index in [4.69, 9.17) is 0 Å². The van der Waals surface area contributed by atoms with Crippen molar-refractivity contribution in [2.75, 3.05) is 13.1 Å². The van der Waals surface area contributed by atoms with Crippen LogP contribution < -0.4 is 5.32 Å². The number of carbonyl (C=O) groups excluding carboxylic acids is 1. The standard InChI is InChI=1S/C15H22N2O3S2/c1-11(12-4-5-12)16-15(18)13-6-8-17(9-7-13)22(19,20)14-3-2-10-21-14/h2-3,10-13H,4-9H2,1H3,(H,16,18)/t11-/m0/s1. The molecule has 1 saturated heterocycles. The van der Waals surface area contributed by atoms with Crippen LogP contribution in [0.5, 0.6) is 0 Å². The Hall–Kier alpha value is -0.920. The second-order valence-electron chi connectivity index (χ2n) is 6.25. The van der Waals surface area contributed by atoms with Gasteiger partial charge in [0, 0.05) is 25.0 Å². The average molecular weight is 342 g/mol. The zero-order valence-corrected chi connectivity index (χ0v) is 14.3. The van der Waals surface area contributed by atoms with Gasteiger partial charge in [0.1, 0.15) is 4.21 Å². The van der Waals surface area contributed by atoms with Gasteiger partial charge in [-0.15, -0.1) is 11.3 Å². The van der Waals surface area contributed by atoms with E-state index in [9.17, 15) is 13.2 Å². The summed E-state index contributed by atoms with van der Waals surface area (Å²) in [5.41, 5.74) is 0. The van der Waals surface area contributed by atoms with E-state index in [1.54, 1.807) is 17.5 Å². The summed E-state index contributed by atoms with van der Waals surface area (Å²) in [5, 5.41) is 4.86. The summed E-state index contributed by atoms with van der Waals surface area (Å²) in [4.78, 5) is 12.2. The van der Waals surface area contributed by atoms with E-state index in [1.165, 1.54) is 28.5 Å². The van der Waals surface area contributed by atoms with Crippen molar-refractivity contribution in [2.45, 2.75) is 42.9 Å². The molecule has 0 unspecified atom stereocenters. The fourth-order valence-electron chi connectivity index (χ4n) is 2.95. The van der Waals surface area contributed by atoms with Gasteiger partial charge >= 0.3 is 0 Å². The smallest absolute Gasteiger partial charge is 0.252 e. The van der Waals surface area contributed by atoms with Gasteiger partial charge in [0.2, 0.25) is 5.91 Å². The molecule has 1 aliphatic heterocycles. The van der Waals surface area contributed by atoms with Crippen LogP contribution in [0.3, 0.4) is 0 Å². The molecule has 2 fully saturated rings. The van der Waals surface area contributed by atoms with Crippen LogP contribution >= 0.6 is 11.3 Å². The molecule has 1 aromatic heterocycles. The number of hydrogen-bond donors (Lipinski definition) is 1. The molecule has 0 aromatic carbocycles. The SMILES string of the molecule is C[C@H](NC(=O)C1CCN(S(=O)(=O)c2cccs2)CC1)C1CC1. The van der Waals surface area contributed by atoms with Crippen LogP contribution in [-0.2, 0) is 14.8 Å². The van der Waals surface area contributed by atoms with Crippen molar-refractivity contribution >= 4 is 27.3 Å². The molecular formula is C15H22N2O3S2. The topological polar surface area (TPSA) is 66.5 Å². The van der Waals surface area contributed by atoms with Gasteiger partial charge in [0.25, 0.3) is 10.0 Å². The Morgan fingerprint density at radius 1 is 1.32 bits per heavy atom. The van der Waals surface area contributed by atoms with Gasteiger partial charge in [-0.05, 0) is 50.0 Å². The molecular weight excluding hydrogens is 320 g/mol. The highest BCUT2D eigenvalue weighted by Gasteiger charge is 2.34. The van der Waals surface area contributed by atoms with E-state index in [0.29, 0.717) is 36.1 Å². The largest absolute Gasteiger partial charge is 0.353 e. The molecule has 3 rings (SSSR count). The molecule has 2 aliphatic rings. The fraction of sp³-hybridized carbons (Fsp3) is 0.667. The molecule has 7 heteroatoms. The molecule has 1 amide bonds. The van der Waals surface area contributed by atoms with Crippen molar-refractivity contribution in [3.05, 3.63) is 17.5 Å². The zero-order valence-electron chi connectivity index (χ0n) is 12.7. The summed E-state index contributed by atoms with van der Waals surface area (Å²) in [6.07, 6.45) is 3.62. The third-order valence-electron chi connectivity index (χ3n) is 4.61. The van der Waals surface area contributed by atoms with Crippen LogP contribution in [0.4, 0.5) is 0 Å². The van der Waals surface area contributed by atoms with Crippen molar-refractivity contribution in [3.63, 3.8) is 0 Å². The number of sulfonamides is 1. The Bertz CT molecular complexity index is 615. The van der Waals surface area contributed by atoms with Crippen molar-refractivity contribution in [2.24, 2.45) is 11.8 Å². The van der Waals surface area contributed by atoms with E-state index in [0.717, 1.165) is 0 Å². The maximum absolute atomic E-state index is 12.4. The predicted octanol–water partition coefficient (Wildman–Crippen LogP) is 2.06. The first-order chi connectivity index (χ1) is 10.5. The molecule has 1 saturated carbocycles. The van der Waals surface area contributed by atoms with E-state index < -0.39 is 10.0 Å². The lowest BCUT2D eigenvalue weighted by molar-refractivity contribution is -0.126. The van der Waals surface area contributed by atoms with E-state index in [-0.39, 0.29) is 17.9 Å². The highest BCUT2D eigenvalue weighted by Crippen LogP contribution is 2.33. The van der Waals surface area contributed by atoms with Gasteiger partial charge in [0.15, 0.2) is 0 Å². The Labute approximate surface area is 135 Å². The molecule has 1 N–H and O–H groups in total. The summed E-state index contributed by atoms with van der Waals surface area (Å²) < 4.78 is 26.8. The lowest BCUT2D eigenvalue weighted by Gasteiger charge is -2.30. The van der Waals surface area contributed by atoms with Crippen molar-refractivity contribution < 1.29 is 13.2 Å². The van der Waals surface area contributed by atoms with Gasteiger partial charge in [0.05, 0.1) is 0 Å².